The molecule has 4 heteroatoms. The maximum absolute atomic E-state index is 4.66. The Hall–Kier alpha value is -2.10. The lowest BCUT2D eigenvalue weighted by molar-refractivity contribution is 0.380. The summed E-state index contributed by atoms with van der Waals surface area (Å²) in [6.45, 7) is 2.20. The van der Waals surface area contributed by atoms with Crippen LogP contribution in [0.1, 0.15) is 24.8 Å². The van der Waals surface area contributed by atoms with E-state index < -0.39 is 0 Å². The molecule has 0 saturated carbocycles. The smallest absolute Gasteiger partial charge is 0.226 e. The van der Waals surface area contributed by atoms with Gasteiger partial charge in [-0.2, -0.15) is 4.98 Å². The molecule has 122 valence electrons. The third-order valence-corrected chi connectivity index (χ3v) is 4.65. The minimum atomic E-state index is 0.786. The third kappa shape index (κ3) is 4.21. The lowest BCUT2D eigenvalue weighted by atomic mass is 9.90. The predicted molar refractivity (Wildman–Crippen MR) is 96.1 cm³/mol. The molecule has 1 aromatic heterocycles. The summed E-state index contributed by atoms with van der Waals surface area (Å²) in [4.78, 5) is 13.3. The van der Waals surface area contributed by atoms with Crippen LogP contribution in [0.15, 0.2) is 42.6 Å². The maximum Gasteiger partial charge on any atom is 0.226 e. The van der Waals surface area contributed by atoms with Gasteiger partial charge in [-0.1, -0.05) is 30.3 Å². The van der Waals surface area contributed by atoms with Crippen LogP contribution in [0.5, 0.6) is 0 Å². The molecule has 0 bridgehead atoms. The Morgan fingerprint density at radius 2 is 1.83 bits per heavy atom. The van der Waals surface area contributed by atoms with Gasteiger partial charge >= 0.3 is 0 Å². The second-order valence-electron chi connectivity index (χ2n) is 6.56. The SMILES string of the molecule is CN(C)c1nccc(N2CCC(CCc3ccccc3)CC2)n1. The van der Waals surface area contributed by atoms with Gasteiger partial charge in [0.15, 0.2) is 0 Å². The zero-order chi connectivity index (χ0) is 16.1. The summed E-state index contributed by atoms with van der Waals surface area (Å²) in [5, 5.41) is 0. The van der Waals surface area contributed by atoms with Crippen molar-refractivity contribution in [2.24, 2.45) is 5.92 Å². The van der Waals surface area contributed by atoms with Gasteiger partial charge in [0.2, 0.25) is 5.95 Å². The molecule has 4 nitrogen and oxygen atoms in total. The van der Waals surface area contributed by atoms with Crippen LogP contribution < -0.4 is 9.80 Å². The van der Waals surface area contributed by atoms with E-state index in [1.165, 1.54) is 31.2 Å². The van der Waals surface area contributed by atoms with Gasteiger partial charge in [0.25, 0.3) is 0 Å². The molecule has 0 amide bonds. The topological polar surface area (TPSA) is 32.3 Å². The Bertz CT molecular complexity index is 604. The van der Waals surface area contributed by atoms with E-state index in [4.69, 9.17) is 0 Å². The Labute approximate surface area is 139 Å². The summed E-state index contributed by atoms with van der Waals surface area (Å²) in [6.07, 6.45) is 6.87. The Kier molecular flexibility index (Phi) is 5.11. The molecule has 1 aromatic carbocycles. The molecule has 0 spiro atoms. The van der Waals surface area contributed by atoms with Gasteiger partial charge in [-0.15, -0.1) is 0 Å². The third-order valence-electron chi connectivity index (χ3n) is 4.65. The lowest BCUT2D eigenvalue weighted by Gasteiger charge is -2.33. The van der Waals surface area contributed by atoms with Crippen LogP contribution in [0, 0.1) is 5.92 Å². The van der Waals surface area contributed by atoms with Crippen LogP contribution in [0.4, 0.5) is 11.8 Å². The van der Waals surface area contributed by atoms with E-state index in [0.29, 0.717) is 0 Å². The second-order valence-corrected chi connectivity index (χ2v) is 6.56. The van der Waals surface area contributed by atoms with Crippen molar-refractivity contribution < 1.29 is 0 Å². The van der Waals surface area contributed by atoms with Gasteiger partial charge in [0.1, 0.15) is 5.82 Å². The van der Waals surface area contributed by atoms with Crippen LogP contribution in [0.3, 0.4) is 0 Å². The molecule has 2 heterocycles. The minimum absolute atomic E-state index is 0.786. The number of aryl methyl sites for hydroxylation is 1. The highest BCUT2D eigenvalue weighted by Crippen LogP contribution is 2.25. The second kappa shape index (κ2) is 7.44. The Balaban J connectivity index is 1.51. The van der Waals surface area contributed by atoms with E-state index in [9.17, 15) is 0 Å². The molecule has 0 aliphatic carbocycles. The molecular formula is C19H26N4. The molecule has 0 atom stereocenters. The van der Waals surface area contributed by atoms with Gasteiger partial charge < -0.3 is 9.80 Å². The summed E-state index contributed by atoms with van der Waals surface area (Å²) < 4.78 is 0. The fourth-order valence-electron chi connectivity index (χ4n) is 3.20. The molecule has 2 aromatic rings. The number of benzene rings is 1. The van der Waals surface area contributed by atoms with E-state index in [1.54, 1.807) is 0 Å². The fraction of sp³-hybridized carbons (Fsp3) is 0.474. The number of piperidine rings is 1. The lowest BCUT2D eigenvalue weighted by Crippen LogP contribution is -2.34. The zero-order valence-electron chi connectivity index (χ0n) is 14.2. The highest BCUT2D eigenvalue weighted by atomic mass is 15.3. The summed E-state index contributed by atoms with van der Waals surface area (Å²) in [5.41, 5.74) is 1.46. The molecule has 0 N–H and O–H groups in total. The molecule has 1 aliphatic heterocycles. The standard InChI is InChI=1S/C19H26N4/c1-22(2)19-20-13-10-18(21-19)23-14-11-17(12-15-23)9-8-16-6-4-3-5-7-16/h3-7,10,13,17H,8-9,11-12,14-15H2,1-2H3. The van der Waals surface area contributed by atoms with Crippen molar-refractivity contribution in [2.75, 3.05) is 37.0 Å². The molecule has 0 unspecified atom stereocenters. The summed E-state index contributed by atoms with van der Waals surface area (Å²) >= 11 is 0. The van der Waals surface area contributed by atoms with Crippen molar-refractivity contribution in [3.63, 3.8) is 0 Å². The normalized spacial score (nSPS) is 15.7. The Morgan fingerprint density at radius 3 is 2.52 bits per heavy atom. The van der Waals surface area contributed by atoms with E-state index in [1.807, 2.05) is 31.3 Å². The number of anilines is 2. The van der Waals surface area contributed by atoms with Gasteiger partial charge in [-0.3, -0.25) is 0 Å². The van der Waals surface area contributed by atoms with E-state index in [-0.39, 0.29) is 0 Å². The van der Waals surface area contributed by atoms with Crippen LogP contribution in [0.2, 0.25) is 0 Å². The largest absolute Gasteiger partial charge is 0.356 e. The van der Waals surface area contributed by atoms with Crippen molar-refractivity contribution in [3.8, 4) is 0 Å². The van der Waals surface area contributed by atoms with Crippen LogP contribution in [-0.4, -0.2) is 37.2 Å². The number of aromatic nitrogens is 2. The predicted octanol–water partition coefficient (Wildman–Crippen LogP) is 3.39. The number of hydrogen-bond acceptors (Lipinski definition) is 4. The number of nitrogens with zero attached hydrogens (tertiary/aromatic N) is 4. The summed E-state index contributed by atoms with van der Waals surface area (Å²) in [5.74, 6) is 2.68. The minimum Gasteiger partial charge on any atom is -0.356 e. The van der Waals surface area contributed by atoms with Gasteiger partial charge in [-0.25, -0.2) is 4.98 Å². The van der Waals surface area contributed by atoms with Gasteiger partial charge in [0, 0.05) is 33.4 Å². The summed E-state index contributed by atoms with van der Waals surface area (Å²) in [7, 11) is 3.96. The molecule has 3 rings (SSSR count). The van der Waals surface area contributed by atoms with Crippen LogP contribution >= 0.6 is 0 Å². The average molecular weight is 310 g/mol. The van der Waals surface area contributed by atoms with Crippen molar-refractivity contribution in [3.05, 3.63) is 48.2 Å². The molecule has 1 fully saturated rings. The van der Waals surface area contributed by atoms with Gasteiger partial charge in [0.05, 0.1) is 0 Å². The highest BCUT2D eigenvalue weighted by molar-refractivity contribution is 5.43. The molecule has 1 saturated heterocycles. The van der Waals surface area contributed by atoms with Crippen molar-refractivity contribution in [2.45, 2.75) is 25.7 Å². The maximum atomic E-state index is 4.66. The van der Waals surface area contributed by atoms with Crippen molar-refractivity contribution >= 4 is 11.8 Å². The first-order chi connectivity index (χ1) is 11.2. The first kappa shape index (κ1) is 15.8. The summed E-state index contributed by atoms with van der Waals surface area (Å²) in [6, 6.07) is 12.9. The first-order valence-electron chi connectivity index (χ1n) is 8.51. The highest BCUT2D eigenvalue weighted by Gasteiger charge is 2.20. The molecule has 0 radical (unpaired) electrons. The zero-order valence-corrected chi connectivity index (χ0v) is 14.2. The molecule has 1 aliphatic rings. The monoisotopic (exact) mass is 310 g/mol. The quantitative estimate of drug-likeness (QED) is 0.847. The van der Waals surface area contributed by atoms with Crippen LogP contribution in [-0.2, 0) is 6.42 Å². The van der Waals surface area contributed by atoms with E-state index >= 15 is 0 Å². The fourth-order valence-corrected chi connectivity index (χ4v) is 3.20. The van der Waals surface area contributed by atoms with E-state index in [2.05, 4.69) is 45.2 Å². The Morgan fingerprint density at radius 1 is 1.09 bits per heavy atom. The molecular weight excluding hydrogens is 284 g/mol. The van der Waals surface area contributed by atoms with Gasteiger partial charge in [-0.05, 0) is 43.2 Å². The number of hydrogen-bond donors (Lipinski definition) is 0. The number of rotatable bonds is 5. The van der Waals surface area contributed by atoms with Crippen LogP contribution in [0.25, 0.3) is 0 Å². The first-order valence-corrected chi connectivity index (χ1v) is 8.51. The average Bonchev–Trinajstić information content (AvgIpc) is 2.61. The molecule has 23 heavy (non-hydrogen) atoms. The van der Waals surface area contributed by atoms with Crippen molar-refractivity contribution in [1.29, 1.82) is 0 Å². The van der Waals surface area contributed by atoms with Crippen molar-refractivity contribution in [1.82, 2.24) is 9.97 Å². The van der Waals surface area contributed by atoms with E-state index in [0.717, 1.165) is 30.8 Å².